The fourth-order valence-corrected chi connectivity index (χ4v) is 2.96. The van der Waals surface area contributed by atoms with Gasteiger partial charge in [0.15, 0.2) is 0 Å². The Balaban J connectivity index is 2.09. The molecule has 2 rings (SSSR count). The Hall–Kier alpha value is -1.74. The Morgan fingerprint density at radius 2 is 1.52 bits per heavy atom. The SMILES string of the molecule is O=[C]C(Cc1ccc(-c2ccccc2)cc1)CP(=O)(O)O. The summed E-state index contributed by atoms with van der Waals surface area (Å²) in [6, 6.07) is 17.5. The molecule has 0 aliphatic heterocycles. The van der Waals surface area contributed by atoms with Gasteiger partial charge in [-0.1, -0.05) is 54.6 Å². The van der Waals surface area contributed by atoms with Crippen molar-refractivity contribution in [3.8, 4) is 11.1 Å². The Labute approximate surface area is 123 Å². The van der Waals surface area contributed by atoms with E-state index in [1.165, 1.54) is 0 Å². The van der Waals surface area contributed by atoms with Crippen molar-refractivity contribution in [3.05, 3.63) is 60.2 Å². The van der Waals surface area contributed by atoms with Crippen molar-refractivity contribution in [2.75, 3.05) is 6.16 Å². The van der Waals surface area contributed by atoms with Crippen molar-refractivity contribution in [3.63, 3.8) is 0 Å². The Bertz CT molecular complexity index is 631. The van der Waals surface area contributed by atoms with Crippen LogP contribution in [0.4, 0.5) is 0 Å². The highest BCUT2D eigenvalue weighted by atomic mass is 31.2. The average Bonchev–Trinajstić information content (AvgIpc) is 2.47. The van der Waals surface area contributed by atoms with Crippen LogP contribution in [0.1, 0.15) is 5.56 Å². The van der Waals surface area contributed by atoms with Gasteiger partial charge in [-0.25, -0.2) is 0 Å². The quantitative estimate of drug-likeness (QED) is 0.805. The summed E-state index contributed by atoms with van der Waals surface area (Å²) in [5.74, 6) is -0.784. The predicted molar refractivity (Wildman–Crippen MR) is 81.7 cm³/mol. The van der Waals surface area contributed by atoms with Crippen molar-refractivity contribution in [2.45, 2.75) is 6.42 Å². The maximum absolute atomic E-state index is 10.9. The summed E-state index contributed by atoms with van der Waals surface area (Å²) in [6.07, 6.45) is 1.53. The molecule has 0 aliphatic carbocycles. The lowest BCUT2D eigenvalue weighted by molar-refractivity contribution is 0.366. The van der Waals surface area contributed by atoms with Gasteiger partial charge in [-0.3, -0.25) is 9.36 Å². The summed E-state index contributed by atoms with van der Waals surface area (Å²) in [6.45, 7) is 0. The third-order valence-electron chi connectivity index (χ3n) is 3.17. The molecule has 0 fully saturated rings. The van der Waals surface area contributed by atoms with E-state index in [4.69, 9.17) is 9.79 Å². The van der Waals surface area contributed by atoms with Crippen molar-refractivity contribution in [1.82, 2.24) is 0 Å². The largest absolute Gasteiger partial charge is 0.326 e. The Kier molecular flexibility index (Phi) is 5.07. The fourth-order valence-electron chi connectivity index (χ4n) is 2.18. The summed E-state index contributed by atoms with van der Waals surface area (Å²) < 4.78 is 10.9. The van der Waals surface area contributed by atoms with Crippen LogP contribution in [-0.4, -0.2) is 22.2 Å². The molecule has 5 heteroatoms. The van der Waals surface area contributed by atoms with Crippen LogP contribution in [0.2, 0.25) is 0 Å². The first-order valence-corrected chi connectivity index (χ1v) is 8.34. The van der Waals surface area contributed by atoms with E-state index < -0.39 is 19.7 Å². The summed E-state index contributed by atoms with van der Waals surface area (Å²) in [5, 5.41) is 0. The second-order valence-electron chi connectivity index (χ2n) is 4.93. The molecule has 0 aliphatic rings. The molecule has 0 amide bonds. The molecule has 0 aromatic heterocycles. The van der Waals surface area contributed by atoms with Crippen LogP contribution in [0.25, 0.3) is 11.1 Å². The smallest absolute Gasteiger partial charge is 0.324 e. The molecular weight excluding hydrogens is 287 g/mol. The summed E-state index contributed by atoms with van der Waals surface area (Å²) in [5.41, 5.74) is 3.01. The molecule has 2 N–H and O–H groups in total. The molecule has 1 unspecified atom stereocenters. The first-order chi connectivity index (χ1) is 9.98. The topological polar surface area (TPSA) is 74.6 Å². The summed E-state index contributed by atoms with van der Waals surface area (Å²) in [4.78, 5) is 28.7. The van der Waals surface area contributed by atoms with Crippen molar-refractivity contribution in [1.29, 1.82) is 0 Å². The molecule has 2 aromatic rings. The van der Waals surface area contributed by atoms with Crippen molar-refractivity contribution < 1.29 is 19.1 Å². The highest BCUT2D eigenvalue weighted by Crippen LogP contribution is 2.37. The minimum Gasteiger partial charge on any atom is -0.324 e. The third-order valence-corrected chi connectivity index (χ3v) is 4.08. The normalized spacial score (nSPS) is 12.9. The molecule has 109 valence electrons. The molecule has 0 saturated heterocycles. The van der Waals surface area contributed by atoms with Gasteiger partial charge in [0.2, 0.25) is 6.29 Å². The third kappa shape index (κ3) is 4.94. The zero-order chi connectivity index (χ0) is 15.3. The number of rotatable bonds is 6. The van der Waals surface area contributed by atoms with E-state index in [2.05, 4.69) is 0 Å². The number of hydrogen-bond acceptors (Lipinski definition) is 2. The van der Waals surface area contributed by atoms with Crippen LogP contribution in [-0.2, 0) is 15.8 Å². The fraction of sp³-hybridized carbons (Fsp3) is 0.188. The first-order valence-electron chi connectivity index (χ1n) is 6.54. The van der Waals surface area contributed by atoms with Crippen LogP contribution in [0.5, 0.6) is 0 Å². The molecule has 0 heterocycles. The molecule has 1 radical (unpaired) electrons. The summed E-state index contributed by atoms with van der Waals surface area (Å²) in [7, 11) is -4.20. The van der Waals surface area contributed by atoms with Crippen molar-refractivity contribution in [2.24, 2.45) is 5.92 Å². The minimum absolute atomic E-state index is 0.281. The predicted octanol–water partition coefficient (Wildman–Crippen LogP) is 2.80. The highest BCUT2D eigenvalue weighted by molar-refractivity contribution is 7.51. The second-order valence-corrected chi connectivity index (χ2v) is 6.62. The number of hydrogen-bond donors (Lipinski definition) is 2. The lowest BCUT2D eigenvalue weighted by Crippen LogP contribution is -2.11. The van der Waals surface area contributed by atoms with E-state index in [9.17, 15) is 9.36 Å². The van der Waals surface area contributed by atoms with E-state index in [0.29, 0.717) is 0 Å². The molecule has 0 saturated carbocycles. The number of benzene rings is 2. The zero-order valence-electron chi connectivity index (χ0n) is 11.3. The molecule has 1 atom stereocenters. The van der Waals surface area contributed by atoms with Crippen LogP contribution < -0.4 is 0 Å². The van der Waals surface area contributed by atoms with Gasteiger partial charge in [0, 0.05) is 5.92 Å². The second kappa shape index (κ2) is 6.81. The van der Waals surface area contributed by atoms with Crippen LogP contribution in [0.15, 0.2) is 54.6 Å². The minimum atomic E-state index is -4.20. The lowest BCUT2D eigenvalue weighted by Gasteiger charge is -2.11. The standard InChI is InChI=1S/C16H16O4P/c17-11-14(12-21(18,19)20)10-13-6-8-16(9-7-13)15-4-2-1-3-5-15/h1-9,14H,10,12H2,(H2,18,19,20). The Morgan fingerprint density at radius 3 is 2.05 bits per heavy atom. The first kappa shape index (κ1) is 15.6. The molecule has 0 bridgehead atoms. The van der Waals surface area contributed by atoms with Gasteiger partial charge in [-0.2, -0.15) is 0 Å². The van der Waals surface area contributed by atoms with Crippen LogP contribution in [0.3, 0.4) is 0 Å². The van der Waals surface area contributed by atoms with Gasteiger partial charge in [-0.15, -0.1) is 0 Å². The maximum atomic E-state index is 10.9. The Morgan fingerprint density at radius 1 is 0.952 bits per heavy atom. The molecular formula is C16H16O4P. The molecule has 4 nitrogen and oxygen atoms in total. The van der Waals surface area contributed by atoms with E-state index >= 15 is 0 Å². The maximum Gasteiger partial charge on any atom is 0.326 e. The summed E-state index contributed by atoms with van der Waals surface area (Å²) >= 11 is 0. The van der Waals surface area contributed by atoms with Gasteiger partial charge >= 0.3 is 7.60 Å². The van der Waals surface area contributed by atoms with E-state index in [1.807, 2.05) is 54.6 Å². The molecule has 0 spiro atoms. The van der Waals surface area contributed by atoms with Gasteiger partial charge in [0.1, 0.15) is 0 Å². The van der Waals surface area contributed by atoms with E-state index in [-0.39, 0.29) is 6.42 Å². The average molecular weight is 303 g/mol. The van der Waals surface area contributed by atoms with Crippen LogP contribution >= 0.6 is 7.60 Å². The highest BCUT2D eigenvalue weighted by Gasteiger charge is 2.22. The van der Waals surface area contributed by atoms with Gasteiger partial charge in [-0.05, 0) is 23.1 Å². The van der Waals surface area contributed by atoms with E-state index in [1.54, 1.807) is 6.29 Å². The zero-order valence-corrected chi connectivity index (χ0v) is 12.2. The van der Waals surface area contributed by atoms with Gasteiger partial charge < -0.3 is 9.79 Å². The lowest BCUT2D eigenvalue weighted by atomic mass is 9.99. The van der Waals surface area contributed by atoms with E-state index in [0.717, 1.165) is 16.7 Å². The molecule has 2 aromatic carbocycles. The monoisotopic (exact) mass is 303 g/mol. The van der Waals surface area contributed by atoms with Crippen LogP contribution in [0, 0.1) is 5.92 Å². The van der Waals surface area contributed by atoms with Gasteiger partial charge in [0.05, 0.1) is 6.16 Å². The van der Waals surface area contributed by atoms with Gasteiger partial charge in [0.25, 0.3) is 0 Å². The molecule has 21 heavy (non-hydrogen) atoms. The van der Waals surface area contributed by atoms with Crippen molar-refractivity contribution >= 4 is 13.9 Å². The number of carbonyl (C=O) groups excluding carboxylic acids is 1.